The molecule has 0 unspecified atom stereocenters. The fraction of sp³-hybridized carbons (Fsp3) is 0.400. The van der Waals surface area contributed by atoms with E-state index in [0.717, 1.165) is 22.7 Å². The van der Waals surface area contributed by atoms with Gasteiger partial charge >= 0.3 is 0 Å². The summed E-state index contributed by atoms with van der Waals surface area (Å²) in [6.07, 6.45) is 0.107. The van der Waals surface area contributed by atoms with Crippen LogP contribution in [0.25, 0.3) is 0 Å². The van der Waals surface area contributed by atoms with Crippen LogP contribution >= 0.6 is 0 Å². The average Bonchev–Trinajstić information content (AvgIpc) is 2.53. The van der Waals surface area contributed by atoms with Crippen LogP contribution in [-0.4, -0.2) is 13.2 Å². The van der Waals surface area contributed by atoms with Gasteiger partial charge in [0.1, 0.15) is 0 Å². The summed E-state index contributed by atoms with van der Waals surface area (Å²) in [5.74, 6) is 2.14. The monoisotopic (exact) mass is 313 g/mol. The Morgan fingerprint density at radius 2 is 1.65 bits per heavy atom. The number of para-hydroxylation sites is 1. The van der Waals surface area contributed by atoms with Gasteiger partial charge in [0.25, 0.3) is 0 Å². The number of benzene rings is 2. The highest BCUT2D eigenvalue weighted by molar-refractivity contribution is 5.50. The Labute approximate surface area is 139 Å². The lowest BCUT2D eigenvalue weighted by atomic mass is 10.0. The first-order valence-electron chi connectivity index (χ1n) is 8.17. The lowest BCUT2D eigenvalue weighted by Crippen LogP contribution is -2.10. The summed E-state index contributed by atoms with van der Waals surface area (Å²) in [7, 11) is 1.67. The van der Waals surface area contributed by atoms with Gasteiger partial charge in [0.15, 0.2) is 11.5 Å². The molecule has 0 aromatic heterocycles. The lowest BCUT2D eigenvalue weighted by molar-refractivity contribution is 0.228. The van der Waals surface area contributed by atoms with Crippen LogP contribution in [-0.2, 0) is 6.54 Å². The largest absolute Gasteiger partial charge is 0.493 e. The fourth-order valence-corrected chi connectivity index (χ4v) is 2.41. The molecular formula is C20H27NO2. The minimum atomic E-state index is 0.107. The van der Waals surface area contributed by atoms with Crippen molar-refractivity contribution in [2.24, 2.45) is 0 Å². The van der Waals surface area contributed by atoms with Gasteiger partial charge < -0.3 is 14.8 Å². The van der Waals surface area contributed by atoms with Crippen LogP contribution in [0.15, 0.2) is 42.5 Å². The first-order chi connectivity index (χ1) is 11.0. The molecule has 124 valence electrons. The van der Waals surface area contributed by atoms with Gasteiger partial charge in [0, 0.05) is 17.8 Å². The van der Waals surface area contributed by atoms with Crippen molar-refractivity contribution in [2.75, 3.05) is 12.4 Å². The minimum absolute atomic E-state index is 0.107. The molecule has 1 N–H and O–H groups in total. The van der Waals surface area contributed by atoms with Gasteiger partial charge in [-0.15, -0.1) is 0 Å². The van der Waals surface area contributed by atoms with Crippen molar-refractivity contribution in [2.45, 2.75) is 46.3 Å². The molecule has 0 spiro atoms. The third-order valence-corrected chi connectivity index (χ3v) is 3.69. The number of anilines is 1. The molecule has 2 rings (SSSR count). The van der Waals surface area contributed by atoms with Crippen molar-refractivity contribution < 1.29 is 9.47 Å². The molecule has 0 atom stereocenters. The highest BCUT2D eigenvalue weighted by Gasteiger charge is 2.12. The molecule has 2 aromatic carbocycles. The summed E-state index contributed by atoms with van der Waals surface area (Å²) < 4.78 is 11.4. The number of ether oxygens (including phenoxy) is 2. The zero-order chi connectivity index (χ0) is 16.8. The molecule has 0 fully saturated rings. The lowest BCUT2D eigenvalue weighted by Gasteiger charge is -2.18. The van der Waals surface area contributed by atoms with Crippen LogP contribution < -0.4 is 14.8 Å². The molecule has 3 heteroatoms. The molecule has 0 aliphatic rings. The zero-order valence-corrected chi connectivity index (χ0v) is 14.7. The topological polar surface area (TPSA) is 30.5 Å². The molecule has 0 radical (unpaired) electrons. The molecule has 3 nitrogen and oxygen atoms in total. The first kappa shape index (κ1) is 17.2. The van der Waals surface area contributed by atoms with Crippen molar-refractivity contribution >= 4 is 5.69 Å². The molecule has 0 bridgehead atoms. The Morgan fingerprint density at radius 1 is 0.957 bits per heavy atom. The maximum Gasteiger partial charge on any atom is 0.166 e. The van der Waals surface area contributed by atoms with Gasteiger partial charge in [-0.3, -0.25) is 0 Å². The molecular weight excluding hydrogens is 286 g/mol. The standard InChI is InChI=1S/C20H27NO2/c1-14(2)16-9-11-18(12-10-16)21-13-17-7-6-8-19(22-5)20(17)23-15(3)4/h6-12,14-15,21H,13H2,1-5H3. The van der Waals surface area contributed by atoms with Crippen molar-refractivity contribution in [1.82, 2.24) is 0 Å². The normalized spacial score (nSPS) is 10.9. The number of rotatable bonds is 7. The predicted molar refractivity (Wildman–Crippen MR) is 96.6 cm³/mol. The van der Waals surface area contributed by atoms with E-state index < -0.39 is 0 Å². The summed E-state index contributed by atoms with van der Waals surface area (Å²) >= 11 is 0. The predicted octanol–water partition coefficient (Wildman–Crippen LogP) is 5.22. The highest BCUT2D eigenvalue weighted by atomic mass is 16.5. The summed E-state index contributed by atoms with van der Waals surface area (Å²) in [5, 5.41) is 3.46. The van der Waals surface area contributed by atoms with E-state index in [4.69, 9.17) is 9.47 Å². The molecule has 0 heterocycles. The Balaban J connectivity index is 2.13. The van der Waals surface area contributed by atoms with Crippen LogP contribution in [0.2, 0.25) is 0 Å². The second kappa shape index (κ2) is 7.91. The molecule has 0 aliphatic heterocycles. The Morgan fingerprint density at radius 3 is 2.22 bits per heavy atom. The van der Waals surface area contributed by atoms with E-state index in [1.807, 2.05) is 26.0 Å². The van der Waals surface area contributed by atoms with E-state index >= 15 is 0 Å². The van der Waals surface area contributed by atoms with Crippen LogP contribution in [0.1, 0.15) is 44.7 Å². The van der Waals surface area contributed by atoms with Gasteiger partial charge in [-0.05, 0) is 43.5 Å². The second-order valence-corrected chi connectivity index (χ2v) is 6.25. The Hall–Kier alpha value is -2.16. The van der Waals surface area contributed by atoms with Gasteiger partial charge in [0.2, 0.25) is 0 Å². The molecule has 23 heavy (non-hydrogen) atoms. The molecule has 0 saturated carbocycles. The van der Waals surface area contributed by atoms with E-state index in [1.54, 1.807) is 7.11 Å². The van der Waals surface area contributed by atoms with Crippen molar-refractivity contribution in [3.05, 3.63) is 53.6 Å². The van der Waals surface area contributed by atoms with E-state index in [0.29, 0.717) is 12.5 Å². The van der Waals surface area contributed by atoms with E-state index in [1.165, 1.54) is 5.56 Å². The summed E-state index contributed by atoms with van der Waals surface area (Å²) in [6, 6.07) is 14.6. The Kier molecular flexibility index (Phi) is 5.91. The number of nitrogens with one attached hydrogen (secondary N) is 1. The van der Waals surface area contributed by atoms with Crippen LogP contribution in [0.5, 0.6) is 11.5 Å². The van der Waals surface area contributed by atoms with Crippen LogP contribution in [0.4, 0.5) is 5.69 Å². The summed E-state index contributed by atoms with van der Waals surface area (Å²) in [4.78, 5) is 0. The van der Waals surface area contributed by atoms with Gasteiger partial charge in [-0.2, -0.15) is 0 Å². The maximum atomic E-state index is 5.94. The summed E-state index contributed by atoms with van der Waals surface area (Å²) in [6.45, 7) is 9.14. The number of methoxy groups -OCH3 is 1. The van der Waals surface area contributed by atoms with Crippen molar-refractivity contribution in [3.63, 3.8) is 0 Å². The maximum absolute atomic E-state index is 5.94. The van der Waals surface area contributed by atoms with Crippen molar-refractivity contribution in [1.29, 1.82) is 0 Å². The van der Waals surface area contributed by atoms with Crippen LogP contribution in [0.3, 0.4) is 0 Å². The van der Waals surface area contributed by atoms with Crippen LogP contribution in [0, 0.1) is 0 Å². The third kappa shape index (κ3) is 4.65. The molecule has 0 amide bonds. The first-order valence-corrected chi connectivity index (χ1v) is 8.17. The molecule has 2 aromatic rings. The van der Waals surface area contributed by atoms with Gasteiger partial charge in [0.05, 0.1) is 13.2 Å². The smallest absolute Gasteiger partial charge is 0.166 e. The second-order valence-electron chi connectivity index (χ2n) is 6.25. The minimum Gasteiger partial charge on any atom is -0.493 e. The zero-order valence-electron chi connectivity index (χ0n) is 14.7. The average molecular weight is 313 g/mol. The number of hydrogen-bond donors (Lipinski definition) is 1. The van der Waals surface area contributed by atoms with Gasteiger partial charge in [-0.25, -0.2) is 0 Å². The third-order valence-electron chi connectivity index (χ3n) is 3.69. The number of hydrogen-bond acceptors (Lipinski definition) is 3. The molecule has 0 saturated heterocycles. The highest BCUT2D eigenvalue weighted by Crippen LogP contribution is 2.32. The van der Waals surface area contributed by atoms with E-state index in [2.05, 4.69) is 49.5 Å². The van der Waals surface area contributed by atoms with E-state index in [9.17, 15) is 0 Å². The van der Waals surface area contributed by atoms with E-state index in [-0.39, 0.29) is 6.10 Å². The van der Waals surface area contributed by atoms with Gasteiger partial charge in [-0.1, -0.05) is 38.1 Å². The fourth-order valence-electron chi connectivity index (χ4n) is 2.41. The quantitative estimate of drug-likeness (QED) is 0.760. The van der Waals surface area contributed by atoms with Crippen molar-refractivity contribution in [3.8, 4) is 11.5 Å². The Bertz CT molecular complexity index is 618. The summed E-state index contributed by atoms with van der Waals surface area (Å²) in [5.41, 5.74) is 3.54. The molecule has 0 aliphatic carbocycles. The SMILES string of the molecule is COc1cccc(CNc2ccc(C(C)C)cc2)c1OC(C)C.